The van der Waals surface area contributed by atoms with Crippen LogP contribution in [0.2, 0.25) is 0 Å². The first-order valence-electron chi connectivity index (χ1n) is 11.7. The normalized spacial score (nSPS) is 46.5. The Bertz CT molecular complexity index is 978. The number of carbonyl (C=O) groups is 3. The summed E-state index contributed by atoms with van der Waals surface area (Å²) in [6, 6.07) is 0. The van der Waals surface area contributed by atoms with Gasteiger partial charge in [-0.25, -0.2) is 4.39 Å². The number of aliphatic hydroxyl groups excluding tert-OH is 1. The SMILES string of the molecule is CCC(=O)O[C@]1(C(=O)CCl)[C@H](C)C[C@H]2[C@@H]3CCC4=C(F)C(=O)C=C[C@]4(C)[C@@]3(Cl)[C@@H](O)C[C@@]21C. The van der Waals surface area contributed by atoms with E-state index in [2.05, 4.69) is 0 Å². The third kappa shape index (κ3) is 2.89. The number of allylic oxidation sites excluding steroid dienone is 4. The average Bonchev–Trinajstić information content (AvgIpc) is 2.99. The molecular formula is C25H31Cl2FO5. The van der Waals surface area contributed by atoms with Gasteiger partial charge in [-0.2, -0.15) is 0 Å². The predicted octanol–water partition coefficient (Wildman–Crippen LogP) is 4.67. The minimum absolute atomic E-state index is 0.0912. The molecule has 8 heteroatoms. The van der Waals surface area contributed by atoms with Gasteiger partial charge in [0.05, 0.1) is 16.9 Å². The molecular weight excluding hydrogens is 470 g/mol. The Labute approximate surface area is 203 Å². The van der Waals surface area contributed by atoms with Gasteiger partial charge in [-0.1, -0.05) is 33.8 Å². The molecule has 33 heavy (non-hydrogen) atoms. The number of carbonyl (C=O) groups excluding carboxylic acids is 3. The molecule has 8 atom stereocenters. The van der Waals surface area contributed by atoms with E-state index in [1.54, 1.807) is 19.9 Å². The van der Waals surface area contributed by atoms with Crippen LogP contribution in [0.25, 0.3) is 0 Å². The van der Waals surface area contributed by atoms with Gasteiger partial charge in [-0.15, -0.1) is 23.2 Å². The van der Waals surface area contributed by atoms with E-state index in [1.165, 1.54) is 6.08 Å². The molecule has 0 aromatic rings. The maximum Gasteiger partial charge on any atom is 0.306 e. The molecule has 0 unspecified atom stereocenters. The molecule has 0 heterocycles. The molecule has 0 aliphatic heterocycles. The van der Waals surface area contributed by atoms with E-state index in [0.717, 1.165) is 0 Å². The monoisotopic (exact) mass is 500 g/mol. The minimum Gasteiger partial charge on any atom is -0.450 e. The van der Waals surface area contributed by atoms with Crippen LogP contribution in [0.15, 0.2) is 23.6 Å². The summed E-state index contributed by atoms with van der Waals surface area (Å²) in [6.45, 7) is 7.22. The Morgan fingerprint density at radius 1 is 1.30 bits per heavy atom. The van der Waals surface area contributed by atoms with Gasteiger partial charge in [-0.05, 0) is 49.2 Å². The lowest BCUT2D eigenvalue weighted by atomic mass is 9.45. The number of halogens is 3. The van der Waals surface area contributed by atoms with E-state index in [0.29, 0.717) is 24.8 Å². The zero-order valence-corrected chi connectivity index (χ0v) is 20.9. The van der Waals surface area contributed by atoms with Crippen molar-refractivity contribution in [3.63, 3.8) is 0 Å². The van der Waals surface area contributed by atoms with Gasteiger partial charge in [0.2, 0.25) is 5.78 Å². The first-order chi connectivity index (χ1) is 15.3. The van der Waals surface area contributed by atoms with E-state index >= 15 is 0 Å². The molecule has 1 N–H and O–H groups in total. The first kappa shape index (κ1) is 24.9. The first-order valence-corrected chi connectivity index (χ1v) is 12.6. The molecule has 0 aromatic heterocycles. The van der Waals surface area contributed by atoms with Gasteiger partial charge in [-0.3, -0.25) is 14.4 Å². The molecule has 4 aliphatic rings. The number of fused-ring (bicyclic) bond motifs is 5. The number of hydrogen-bond donors (Lipinski definition) is 1. The fourth-order valence-electron chi connectivity index (χ4n) is 7.83. The van der Waals surface area contributed by atoms with Gasteiger partial charge >= 0.3 is 5.97 Å². The number of aliphatic hydroxyl groups is 1. The predicted molar refractivity (Wildman–Crippen MR) is 123 cm³/mol. The second-order valence-electron chi connectivity index (χ2n) is 10.6. The lowest BCUT2D eigenvalue weighted by Gasteiger charge is -2.64. The maximum atomic E-state index is 14.9. The highest BCUT2D eigenvalue weighted by molar-refractivity contribution is 6.29. The van der Waals surface area contributed by atoms with Crippen LogP contribution in [0.4, 0.5) is 4.39 Å². The van der Waals surface area contributed by atoms with E-state index < -0.39 is 45.0 Å². The minimum atomic E-state index is -1.47. The number of rotatable bonds is 4. The zero-order valence-electron chi connectivity index (χ0n) is 19.4. The number of ketones is 2. The molecule has 0 amide bonds. The van der Waals surface area contributed by atoms with Gasteiger partial charge in [0.15, 0.2) is 17.2 Å². The summed E-state index contributed by atoms with van der Waals surface area (Å²) in [5.74, 6) is -3.42. The van der Waals surface area contributed by atoms with Crippen LogP contribution in [-0.4, -0.2) is 45.1 Å². The van der Waals surface area contributed by atoms with Crippen molar-refractivity contribution in [1.82, 2.24) is 0 Å². The van der Waals surface area contributed by atoms with Gasteiger partial charge in [0.1, 0.15) is 0 Å². The van der Waals surface area contributed by atoms with Gasteiger partial charge in [0.25, 0.3) is 0 Å². The van der Waals surface area contributed by atoms with E-state index in [1.807, 2.05) is 13.8 Å². The van der Waals surface area contributed by atoms with Crippen molar-refractivity contribution in [1.29, 1.82) is 0 Å². The number of hydrogen-bond acceptors (Lipinski definition) is 5. The van der Waals surface area contributed by atoms with Crippen LogP contribution in [-0.2, 0) is 19.1 Å². The van der Waals surface area contributed by atoms with E-state index in [-0.39, 0.29) is 42.3 Å². The molecule has 3 fully saturated rings. The quantitative estimate of drug-likeness (QED) is 0.448. The lowest BCUT2D eigenvalue weighted by molar-refractivity contribution is -0.200. The number of ether oxygens (including phenoxy) is 1. The third-order valence-electron chi connectivity index (χ3n) is 9.37. The molecule has 0 aromatic carbocycles. The smallest absolute Gasteiger partial charge is 0.306 e. The maximum absolute atomic E-state index is 14.9. The highest BCUT2D eigenvalue weighted by atomic mass is 35.5. The molecule has 4 aliphatic carbocycles. The number of esters is 1. The van der Waals surface area contributed by atoms with Crippen molar-refractivity contribution >= 4 is 40.7 Å². The Hall–Kier alpha value is -1.24. The second kappa shape index (κ2) is 7.89. The molecule has 0 radical (unpaired) electrons. The van der Waals surface area contributed by atoms with Crippen LogP contribution in [0, 0.1) is 28.6 Å². The molecule has 0 bridgehead atoms. The number of alkyl halides is 2. The highest BCUT2D eigenvalue weighted by Crippen LogP contribution is 2.72. The Morgan fingerprint density at radius 3 is 2.58 bits per heavy atom. The van der Waals surface area contributed by atoms with Crippen LogP contribution in [0.5, 0.6) is 0 Å². The van der Waals surface area contributed by atoms with Crippen LogP contribution < -0.4 is 0 Å². The summed E-state index contributed by atoms with van der Waals surface area (Å²) < 4.78 is 20.9. The topological polar surface area (TPSA) is 80.7 Å². The largest absolute Gasteiger partial charge is 0.450 e. The van der Waals surface area contributed by atoms with Crippen molar-refractivity contribution in [2.45, 2.75) is 76.4 Å². The van der Waals surface area contributed by atoms with Crippen LogP contribution >= 0.6 is 23.2 Å². The van der Waals surface area contributed by atoms with Crippen molar-refractivity contribution in [2.24, 2.45) is 28.6 Å². The second-order valence-corrected chi connectivity index (χ2v) is 11.5. The van der Waals surface area contributed by atoms with Gasteiger partial charge < -0.3 is 9.84 Å². The lowest BCUT2D eigenvalue weighted by Crippen LogP contribution is -2.69. The van der Waals surface area contributed by atoms with Crippen LogP contribution in [0.1, 0.15) is 59.8 Å². The molecule has 0 spiro atoms. The summed E-state index contributed by atoms with van der Waals surface area (Å²) in [7, 11) is 0. The Balaban J connectivity index is 1.87. The van der Waals surface area contributed by atoms with Crippen molar-refractivity contribution in [3.05, 3.63) is 23.6 Å². The summed E-state index contributed by atoms with van der Waals surface area (Å²) in [5.41, 5.74) is -3.08. The van der Waals surface area contributed by atoms with Crippen LogP contribution in [0.3, 0.4) is 0 Å². The standard InChI is InChI=1S/C25H31Cl2FO5/c1-5-20(32)33-25(19(31)12-26)13(2)10-16-14-6-7-15-21(28)17(29)8-9-22(15,3)24(14,27)18(30)11-23(16,25)4/h8-9,13-14,16,18,30H,5-7,10-12H2,1-4H3/t13-,14+,16+,18+,22+,23+,24+,25+/m1/s1. The molecule has 4 rings (SSSR count). The van der Waals surface area contributed by atoms with Gasteiger partial charge in [0, 0.05) is 23.2 Å². The zero-order chi connectivity index (χ0) is 24.6. The Morgan fingerprint density at radius 2 is 1.97 bits per heavy atom. The molecule has 3 saturated carbocycles. The molecule has 5 nitrogen and oxygen atoms in total. The Kier molecular flexibility index (Phi) is 5.95. The summed E-state index contributed by atoms with van der Waals surface area (Å²) >= 11 is 13.4. The number of Topliss-reactive ketones (excluding diaryl/α,β-unsaturated/α-hetero) is 1. The van der Waals surface area contributed by atoms with Crippen molar-refractivity contribution < 1.29 is 28.6 Å². The van der Waals surface area contributed by atoms with E-state index in [9.17, 15) is 23.9 Å². The average molecular weight is 501 g/mol. The molecule has 182 valence electrons. The van der Waals surface area contributed by atoms with Crippen molar-refractivity contribution in [3.8, 4) is 0 Å². The fraction of sp³-hybridized carbons (Fsp3) is 0.720. The fourth-order valence-corrected chi connectivity index (χ4v) is 8.54. The molecule has 0 saturated heterocycles. The third-order valence-corrected chi connectivity index (χ3v) is 10.5. The van der Waals surface area contributed by atoms with E-state index in [4.69, 9.17) is 27.9 Å². The summed E-state index contributed by atoms with van der Waals surface area (Å²) in [4.78, 5) is 36.6. The van der Waals surface area contributed by atoms with Crippen molar-refractivity contribution in [2.75, 3.05) is 5.88 Å². The summed E-state index contributed by atoms with van der Waals surface area (Å²) in [6.07, 6.45) is 3.25. The highest BCUT2D eigenvalue weighted by Gasteiger charge is 2.76. The summed E-state index contributed by atoms with van der Waals surface area (Å²) in [5, 5.41) is 11.6.